The number of pyridine rings is 1. The Labute approximate surface area is 127 Å². The molecule has 4 heteroatoms. The molecule has 2 rings (SSSR count). The number of para-hydroxylation sites is 1. The molecule has 0 aliphatic heterocycles. The van der Waals surface area contributed by atoms with Crippen LogP contribution in [0.5, 0.6) is 5.75 Å². The maximum atomic E-state index is 5.38. The molecule has 0 spiro atoms. The molecule has 0 bridgehead atoms. The summed E-state index contributed by atoms with van der Waals surface area (Å²) in [6.07, 6.45) is 1.13. The lowest BCUT2D eigenvalue weighted by Gasteiger charge is -2.16. The second-order valence-electron chi connectivity index (χ2n) is 5.71. The number of fused-ring (bicyclic) bond motifs is 1. The van der Waals surface area contributed by atoms with Gasteiger partial charge in [-0.3, -0.25) is 0 Å². The fourth-order valence-electron chi connectivity index (χ4n) is 2.26. The highest BCUT2D eigenvalue weighted by Gasteiger charge is 2.06. The number of hydrogen-bond acceptors (Lipinski definition) is 4. The summed E-state index contributed by atoms with van der Waals surface area (Å²) in [6, 6.07) is 10.7. The summed E-state index contributed by atoms with van der Waals surface area (Å²) in [5.41, 5.74) is 1.98. The van der Waals surface area contributed by atoms with Crippen molar-refractivity contribution >= 4 is 10.9 Å². The molecule has 114 valence electrons. The van der Waals surface area contributed by atoms with Crippen LogP contribution in [0.25, 0.3) is 10.9 Å². The molecule has 1 N–H and O–H groups in total. The molecule has 0 radical (unpaired) electrons. The summed E-state index contributed by atoms with van der Waals surface area (Å²) in [7, 11) is 5.89. The third-order valence-electron chi connectivity index (χ3n) is 3.60. The maximum absolute atomic E-state index is 5.38. The number of benzene rings is 1. The number of methoxy groups -OCH3 is 1. The standard InChI is InChI=1S/C17H25N3O/c1-13(10-11-20(2)3)18-12-15-9-8-14-6-5-7-16(21-4)17(14)19-15/h5-9,13,18H,10-12H2,1-4H3. The predicted molar refractivity (Wildman–Crippen MR) is 87.8 cm³/mol. The van der Waals surface area contributed by atoms with E-state index in [1.54, 1.807) is 7.11 Å². The van der Waals surface area contributed by atoms with Gasteiger partial charge >= 0.3 is 0 Å². The molecule has 0 aliphatic carbocycles. The molecule has 2 aromatic rings. The number of hydrogen-bond donors (Lipinski definition) is 1. The Hall–Kier alpha value is -1.65. The third kappa shape index (κ3) is 4.41. The average molecular weight is 287 g/mol. The van der Waals surface area contributed by atoms with E-state index in [0.29, 0.717) is 6.04 Å². The van der Waals surface area contributed by atoms with Crippen molar-refractivity contribution in [2.24, 2.45) is 0 Å². The van der Waals surface area contributed by atoms with Crippen molar-refractivity contribution in [1.82, 2.24) is 15.2 Å². The number of nitrogens with one attached hydrogen (secondary N) is 1. The molecule has 0 saturated heterocycles. The van der Waals surface area contributed by atoms with Crippen LogP contribution in [0.1, 0.15) is 19.0 Å². The Balaban J connectivity index is 2.02. The summed E-state index contributed by atoms with van der Waals surface area (Å²) >= 11 is 0. The van der Waals surface area contributed by atoms with Crippen molar-refractivity contribution in [2.45, 2.75) is 25.9 Å². The molecule has 1 heterocycles. The molecule has 21 heavy (non-hydrogen) atoms. The quantitative estimate of drug-likeness (QED) is 0.849. The zero-order valence-electron chi connectivity index (χ0n) is 13.4. The predicted octanol–water partition coefficient (Wildman–Crippen LogP) is 2.67. The van der Waals surface area contributed by atoms with Crippen LogP contribution in [0.4, 0.5) is 0 Å². The molecule has 0 aliphatic rings. The highest BCUT2D eigenvalue weighted by molar-refractivity contribution is 5.84. The van der Waals surface area contributed by atoms with Crippen LogP contribution in [0.15, 0.2) is 30.3 Å². The minimum atomic E-state index is 0.475. The fourth-order valence-corrected chi connectivity index (χ4v) is 2.26. The Bertz CT molecular complexity index is 583. The van der Waals surface area contributed by atoms with Crippen LogP contribution < -0.4 is 10.1 Å². The second kappa shape index (κ2) is 7.38. The van der Waals surface area contributed by atoms with Crippen molar-refractivity contribution < 1.29 is 4.74 Å². The van der Waals surface area contributed by atoms with Gasteiger partial charge in [-0.2, -0.15) is 0 Å². The highest BCUT2D eigenvalue weighted by Crippen LogP contribution is 2.23. The van der Waals surface area contributed by atoms with E-state index in [0.717, 1.165) is 41.9 Å². The van der Waals surface area contributed by atoms with Crippen molar-refractivity contribution in [3.8, 4) is 5.75 Å². The fraction of sp³-hybridized carbons (Fsp3) is 0.471. The smallest absolute Gasteiger partial charge is 0.145 e. The SMILES string of the molecule is COc1cccc2ccc(CNC(C)CCN(C)C)nc12. The van der Waals surface area contributed by atoms with Crippen molar-refractivity contribution in [3.05, 3.63) is 36.0 Å². The highest BCUT2D eigenvalue weighted by atomic mass is 16.5. The van der Waals surface area contributed by atoms with Crippen molar-refractivity contribution in [2.75, 3.05) is 27.7 Å². The lowest BCUT2D eigenvalue weighted by molar-refractivity contribution is 0.365. The van der Waals surface area contributed by atoms with Gasteiger partial charge in [-0.05, 0) is 46.1 Å². The van der Waals surface area contributed by atoms with E-state index in [1.807, 2.05) is 12.1 Å². The van der Waals surface area contributed by atoms with Gasteiger partial charge in [-0.25, -0.2) is 4.98 Å². The molecule has 4 nitrogen and oxygen atoms in total. The number of rotatable bonds is 7. The molecular weight excluding hydrogens is 262 g/mol. The summed E-state index contributed by atoms with van der Waals surface area (Å²) in [5.74, 6) is 0.829. The topological polar surface area (TPSA) is 37.4 Å². The zero-order chi connectivity index (χ0) is 15.2. The number of nitrogens with zero attached hydrogens (tertiary/aromatic N) is 2. The molecule has 1 unspecified atom stereocenters. The minimum Gasteiger partial charge on any atom is -0.494 e. The number of aromatic nitrogens is 1. The van der Waals surface area contributed by atoms with Crippen LogP contribution in [0.2, 0.25) is 0 Å². The van der Waals surface area contributed by atoms with Crippen LogP contribution in [0, 0.1) is 0 Å². The van der Waals surface area contributed by atoms with E-state index in [9.17, 15) is 0 Å². The lowest BCUT2D eigenvalue weighted by Crippen LogP contribution is -2.29. The van der Waals surface area contributed by atoms with Gasteiger partial charge in [0.05, 0.1) is 12.8 Å². The molecule has 0 saturated carbocycles. The van der Waals surface area contributed by atoms with E-state index in [1.165, 1.54) is 0 Å². The Kier molecular flexibility index (Phi) is 5.53. The van der Waals surface area contributed by atoms with E-state index in [-0.39, 0.29) is 0 Å². The third-order valence-corrected chi connectivity index (χ3v) is 3.60. The normalized spacial score (nSPS) is 12.8. The first-order valence-corrected chi connectivity index (χ1v) is 7.41. The van der Waals surface area contributed by atoms with Gasteiger partial charge in [0.15, 0.2) is 0 Å². The Morgan fingerprint density at radius 2 is 2.05 bits per heavy atom. The first-order chi connectivity index (χ1) is 10.1. The van der Waals surface area contributed by atoms with E-state index >= 15 is 0 Å². The zero-order valence-corrected chi connectivity index (χ0v) is 13.4. The van der Waals surface area contributed by atoms with E-state index in [4.69, 9.17) is 9.72 Å². The van der Waals surface area contributed by atoms with Crippen molar-refractivity contribution in [1.29, 1.82) is 0 Å². The van der Waals surface area contributed by atoms with Crippen LogP contribution in [0.3, 0.4) is 0 Å². The average Bonchev–Trinajstić information content (AvgIpc) is 2.50. The van der Waals surface area contributed by atoms with Gasteiger partial charge in [0.2, 0.25) is 0 Å². The summed E-state index contributed by atoms with van der Waals surface area (Å²) < 4.78 is 5.38. The van der Waals surface area contributed by atoms with Crippen LogP contribution in [-0.2, 0) is 6.54 Å². The summed E-state index contributed by atoms with van der Waals surface area (Å²) in [5, 5.41) is 4.64. The van der Waals surface area contributed by atoms with Gasteiger partial charge in [0, 0.05) is 18.0 Å². The molecule has 0 amide bonds. The largest absolute Gasteiger partial charge is 0.494 e. The Morgan fingerprint density at radius 1 is 1.24 bits per heavy atom. The molecule has 0 fully saturated rings. The monoisotopic (exact) mass is 287 g/mol. The van der Waals surface area contributed by atoms with E-state index in [2.05, 4.69) is 49.4 Å². The maximum Gasteiger partial charge on any atom is 0.145 e. The molecule has 1 atom stereocenters. The van der Waals surface area contributed by atoms with Crippen LogP contribution >= 0.6 is 0 Å². The first kappa shape index (κ1) is 15.7. The number of ether oxygens (including phenoxy) is 1. The Morgan fingerprint density at radius 3 is 2.76 bits per heavy atom. The van der Waals surface area contributed by atoms with Crippen LogP contribution in [-0.4, -0.2) is 43.7 Å². The first-order valence-electron chi connectivity index (χ1n) is 7.41. The summed E-state index contributed by atoms with van der Waals surface area (Å²) in [4.78, 5) is 6.92. The minimum absolute atomic E-state index is 0.475. The molecule has 1 aromatic carbocycles. The van der Waals surface area contributed by atoms with Gasteiger partial charge < -0.3 is 15.0 Å². The van der Waals surface area contributed by atoms with Gasteiger partial charge in [-0.15, -0.1) is 0 Å². The lowest BCUT2D eigenvalue weighted by atomic mass is 10.2. The van der Waals surface area contributed by atoms with Gasteiger partial charge in [0.25, 0.3) is 0 Å². The van der Waals surface area contributed by atoms with Crippen molar-refractivity contribution in [3.63, 3.8) is 0 Å². The molecule has 1 aromatic heterocycles. The van der Waals surface area contributed by atoms with E-state index < -0.39 is 0 Å². The van der Waals surface area contributed by atoms with Gasteiger partial charge in [0.1, 0.15) is 11.3 Å². The summed E-state index contributed by atoms with van der Waals surface area (Å²) in [6.45, 7) is 4.08. The second-order valence-corrected chi connectivity index (χ2v) is 5.71. The van der Waals surface area contributed by atoms with Gasteiger partial charge in [-0.1, -0.05) is 18.2 Å². The molecular formula is C17H25N3O.